The largest absolute Gasteiger partial charge is 0.399 e. The van der Waals surface area contributed by atoms with E-state index >= 15 is 0 Å². The second kappa shape index (κ2) is 8.86. The molecule has 8 N–H and O–H groups in total. The van der Waals surface area contributed by atoms with Crippen molar-refractivity contribution in [2.75, 3.05) is 38.6 Å². The van der Waals surface area contributed by atoms with Gasteiger partial charge in [-0.15, -0.1) is 0 Å². The van der Waals surface area contributed by atoms with Crippen LogP contribution in [0.15, 0.2) is 53.9 Å². The number of benzene rings is 1. The van der Waals surface area contributed by atoms with Crippen LogP contribution in [0.3, 0.4) is 0 Å². The predicted octanol–water partition coefficient (Wildman–Crippen LogP) is 0.272. The lowest BCUT2D eigenvalue weighted by atomic mass is 9.95. The maximum atomic E-state index is 6.20. The molecule has 0 saturated carbocycles. The number of nitrogens with two attached hydrogens (primary N) is 3. The van der Waals surface area contributed by atoms with E-state index in [-0.39, 0.29) is 12.3 Å². The minimum atomic E-state index is -0.276. The van der Waals surface area contributed by atoms with Crippen LogP contribution in [0.5, 0.6) is 0 Å². The molecule has 0 aromatic heterocycles. The fraction of sp³-hybridized carbons (Fsp3) is 0.368. The molecule has 1 fully saturated rings. The van der Waals surface area contributed by atoms with Crippen LogP contribution in [0, 0.1) is 0 Å². The van der Waals surface area contributed by atoms with Crippen molar-refractivity contribution in [1.29, 1.82) is 0 Å². The normalized spacial score (nSPS) is 23.7. The third kappa shape index (κ3) is 4.64. The number of anilines is 1. The third-order valence-corrected chi connectivity index (χ3v) is 4.41. The molecule has 0 aliphatic carbocycles. The highest BCUT2D eigenvalue weighted by Gasteiger charge is 2.17. The topological polar surface area (TPSA) is 121 Å². The molecule has 2 aliphatic heterocycles. The van der Waals surface area contributed by atoms with Gasteiger partial charge in [0.25, 0.3) is 0 Å². The summed E-state index contributed by atoms with van der Waals surface area (Å²) in [5.74, 6) is 0. The second-order valence-corrected chi connectivity index (χ2v) is 6.32. The summed E-state index contributed by atoms with van der Waals surface area (Å²) in [5.41, 5.74) is 22.6. The Bertz CT molecular complexity index is 690. The minimum Gasteiger partial charge on any atom is -0.399 e. The van der Waals surface area contributed by atoms with Crippen molar-refractivity contribution in [2.24, 2.45) is 11.5 Å². The number of nitrogens with one attached hydrogen (secondary N) is 2. The van der Waals surface area contributed by atoms with Crippen LogP contribution in [0.1, 0.15) is 5.56 Å². The first-order chi connectivity index (χ1) is 12.7. The Morgan fingerprint density at radius 2 is 2.08 bits per heavy atom. The number of hydrogen-bond donors (Lipinski definition) is 5. The average Bonchev–Trinajstić information content (AvgIpc) is 2.68. The number of allylic oxidation sites excluding steroid dienone is 1. The fourth-order valence-electron chi connectivity index (χ4n) is 2.92. The highest BCUT2D eigenvalue weighted by atomic mass is 16.6. The van der Waals surface area contributed by atoms with E-state index in [1.54, 1.807) is 0 Å². The van der Waals surface area contributed by atoms with Crippen LogP contribution in [0.4, 0.5) is 5.69 Å². The van der Waals surface area contributed by atoms with Gasteiger partial charge in [0, 0.05) is 31.2 Å². The number of hydrogen-bond acceptors (Lipinski definition) is 7. The zero-order valence-electron chi connectivity index (χ0n) is 14.8. The van der Waals surface area contributed by atoms with E-state index in [4.69, 9.17) is 26.7 Å². The van der Waals surface area contributed by atoms with Crippen LogP contribution < -0.4 is 27.8 Å². The molecule has 0 radical (unpaired) electrons. The van der Waals surface area contributed by atoms with Crippen LogP contribution in [-0.4, -0.2) is 45.2 Å². The van der Waals surface area contributed by atoms with Gasteiger partial charge < -0.3 is 37.3 Å². The van der Waals surface area contributed by atoms with Crippen molar-refractivity contribution in [3.05, 3.63) is 59.5 Å². The van der Waals surface area contributed by atoms with Crippen LogP contribution >= 0.6 is 0 Å². The lowest BCUT2D eigenvalue weighted by molar-refractivity contribution is -0.0854. The summed E-state index contributed by atoms with van der Waals surface area (Å²) in [6, 6.07) is 7.68. The van der Waals surface area contributed by atoms with E-state index in [2.05, 4.69) is 16.7 Å². The lowest BCUT2D eigenvalue weighted by Crippen LogP contribution is -2.38. The fourth-order valence-corrected chi connectivity index (χ4v) is 2.92. The second-order valence-electron chi connectivity index (χ2n) is 6.32. The van der Waals surface area contributed by atoms with E-state index in [1.165, 1.54) is 0 Å². The Kier molecular flexibility index (Phi) is 6.30. The Morgan fingerprint density at radius 1 is 1.27 bits per heavy atom. The van der Waals surface area contributed by atoms with Gasteiger partial charge in [-0.1, -0.05) is 12.1 Å². The van der Waals surface area contributed by atoms with Crippen LogP contribution in [0.25, 0.3) is 5.57 Å². The van der Waals surface area contributed by atoms with E-state index in [1.807, 2.05) is 36.7 Å². The summed E-state index contributed by atoms with van der Waals surface area (Å²) in [5, 5.41) is 6.48. The Morgan fingerprint density at radius 3 is 2.77 bits per heavy atom. The Hall–Kier alpha value is -2.32. The average molecular weight is 357 g/mol. The molecule has 1 aromatic carbocycles. The summed E-state index contributed by atoms with van der Waals surface area (Å²) < 4.78 is 11.0. The van der Waals surface area contributed by atoms with Crippen LogP contribution in [0.2, 0.25) is 0 Å². The zero-order valence-corrected chi connectivity index (χ0v) is 14.8. The molecule has 3 rings (SSSR count). The summed E-state index contributed by atoms with van der Waals surface area (Å²) in [6.07, 6.45) is 5.67. The maximum Gasteiger partial charge on any atom is 0.101 e. The van der Waals surface area contributed by atoms with Gasteiger partial charge in [-0.3, -0.25) is 0 Å². The van der Waals surface area contributed by atoms with Gasteiger partial charge in [0.05, 0.1) is 25.9 Å². The molecule has 0 spiro atoms. The van der Waals surface area contributed by atoms with Gasteiger partial charge in [-0.05, 0) is 40.5 Å². The first-order valence-corrected chi connectivity index (χ1v) is 8.79. The molecule has 2 atom stereocenters. The number of dihydropyridines is 1. The minimum absolute atomic E-state index is 0.0618. The van der Waals surface area contributed by atoms with Crippen molar-refractivity contribution in [2.45, 2.75) is 12.3 Å². The van der Waals surface area contributed by atoms with Crippen molar-refractivity contribution in [3.8, 4) is 0 Å². The van der Waals surface area contributed by atoms with Crippen molar-refractivity contribution in [1.82, 2.24) is 10.6 Å². The summed E-state index contributed by atoms with van der Waals surface area (Å²) in [4.78, 5) is 0. The lowest BCUT2D eigenvalue weighted by Gasteiger charge is -2.24. The zero-order chi connectivity index (χ0) is 18.4. The molecule has 2 heterocycles. The molecular weight excluding hydrogens is 330 g/mol. The number of ether oxygens (including phenoxy) is 2. The molecule has 0 amide bonds. The molecule has 7 heteroatoms. The molecular formula is C19H27N5O2. The van der Waals surface area contributed by atoms with Gasteiger partial charge in [0.1, 0.15) is 6.17 Å². The molecule has 26 heavy (non-hydrogen) atoms. The molecule has 140 valence electrons. The Balaban J connectivity index is 1.70. The van der Waals surface area contributed by atoms with E-state index in [0.29, 0.717) is 32.9 Å². The summed E-state index contributed by atoms with van der Waals surface area (Å²) in [7, 11) is 0. The first-order valence-electron chi connectivity index (χ1n) is 8.79. The van der Waals surface area contributed by atoms with Gasteiger partial charge in [0.15, 0.2) is 0 Å². The van der Waals surface area contributed by atoms with Crippen molar-refractivity contribution in [3.63, 3.8) is 0 Å². The molecule has 7 nitrogen and oxygen atoms in total. The van der Waals surface area contributed by atoms with E-state index in [0.717, 1.165) is 28.0 Å². The standard InChI is InChI=1S/C19H27N5O2/c20-8-15(9-23-11-17-12-25-5-6-26-17)14-7-18(19(22)24-10-14)13-1-3-16(21)4-2-13/h1-4,7,9-10,17,19,23-24H,5-6,8,11-12,20-22H2/b15-9+/t17-,19?/m0/s1. The molecule has 1 aromatic rings. The Labute approximate surface area is 153 Å². The highest BCUT2D eigenvalue weighted by Crippen LogP contribution is 2.25. The predicted molar refractivity (Wildman–Crippen MR) is 104 cm³/mol. The van der Waals surface area contributed by atoms with Crippen molar-refractivity contribution < 1.29 is 9.47 Å². The smallest absolute Gasteiger partial charge is 0.101 e. The molecule has 1 saturated heterocycles. The number of nitrogen functional groups attached to an aromatic ring is 1. The van der Waals surface area contributed by atoms with Crippen LogP contribution in [-0.2, 0) is 9.47 Å². The summed E-state index contributed by atoms with van der Waals surface area (Å²) in [6.45, 7) is 3.00. The number of rotatable bonds is 6. The maximum absolute atomic E-state index is 6.20. The van der Waals surface area contributed by atoms with E-state index in [9.17, 15) is 0 Å². The monoisotopic (exact) mass is 357 g/mol. The SMILES string of the molecule is NC/C(=C\NC[C@H]1COCCO1)C1=CNC(N)C(c2ccc(N)cc2)=C1. The van der Waals surface area contributed by atoms with Gasteiger partial charge in [0.2, 0.25) is 0 Å². The van der Waals surface area contributed by atoms with Crippen molar-refractivity contribution >= 4 is 11.3 Å². The third-order valence-electron chi connectivity index (χ3n) is 4.41. The quantitative estimate of drug-likeness (QED) is 0.464. The van der Waals surface area contributed by atoms with E-state index < -0.39 is 0 Å². The molecule has 2 aliphatic rings. The van der Waals surface area contributed by atoms with Gasteiger partial charge in [-0.25, -0.2) is 0 Å². The highest BCUT2D eigenvalue weighted by molar-refractivity contribution is 5.75. The van der Waals surface area contributed by atoms with Gasteiger partial charge in [-0.2, -0.15) is 0 Å². The molecule has 1 unspecified atom stereocenters. The van der Waals surface area contributed by atoms with Gasteiger partial charge >= 0.3 is 0 Å². The summed E-state index contributed by atoms with van der Waals surface area (Å²) >= 11 is 0. The first kappa shape index (κ1) is 18.5. The molecule has 0 bridgehead atoms.